The maximum absolute atomic E-state index is 12.2. The van der Waals surface area contributed by atoms with Crippen LogP contribution in [0, 0.1) is 6.92 Å². The molecule has 0 saturated carbocycles. The zero-order valence-corrected chi connectivity index (χ0v) is 18.6. The Kier molecular flexibility index (Phi) is 7.15. The molecule has 0 spiro atoms. The van der Waals surface area contributed by atoms with Crippen molar-refractivity contribution in [2.24, 2.45) is 0 Å². The molecular weight excluding hydrogens is 420 g/mol. The summed E-state index contributed by atoms with van der Waals surface area (Å²) in [6.45, 7) is 2.49. The van der Waals surface area contributed by atoms with Gasteiger partial charge >= 0.3 is 0 Å². The Balaban J connectivity index is 1.21. The third kappa shape index (κ3) is 6.43. The lowest BCUT2D eigenvalue weighted by Gasteiger charge is -2.08. The Morgan fingerprint density at radius 1 is 0.875 bits per heavy atom. The molecule has 1 amide bonds. The van der Waals surface area contributed by atoms with Crippen LogP contribution < -0.4 is 14.8 Å². The Hall–Kier alpha value is -3.64. The first-order chi connectivity index (χ1) is 15.6. The number of carbonyl (C=O) groups excluding carboxylic acids is 1. The number of anilines is 1. The summed E-state index contributed by atoms with van der Waals surface area (Å²) in [5, 5.41) is 3.37. The molecule has 0 aliphatic rings. The number of hydrogen-bond donors (Lipinski definition) is 1. The Labute approximate surface area is 191 Å². The molecular formula is C26H24N2O3S. The van der Waals surface area contributed by atoms with E-state index in [2.05, 4.69) is 41.5 Å². The predicted molar refractivity (Wildman–Crippen MR) is 127 cm³/mol. The molecule has 32 heavy (non-hydrogen) atoms. The molecule has 0 saturated heterocycles. The van der Waals surface area contributed by atoms with E-state index in [1.54, 1.807) is 18.3 Å². The second-order valence-electron chi connectivity index (χ2n) is 7.38. The van der Waals surface area contributed by atoms with Gasteiger partial charge in [-0.15, -0.1) is 11.3 Å². The van der Waals surface area contributed by atoms with Gasteiger partial charge in [-0.1, -0.05) is 60.2 Å². The van der Waals surface area contributed by atoms with E-state index in [1.165, 1.54) is 22.5 Å². The second kappa shape index (κ2) is 10.6. The highest BCUT2D eigenvalue weighted by molar-refractivity contribution is 7.15. The van der Waals surface area contributed by atoms with E-state index < -0.39 is 0 Å². The molecule has 0 bridgehead atoms. The molecule has 5 nitrogen and oxygen atoms in total. The minimum atomic E-state index is -0.245. The summed E-state index contributed by atoms with van der Waals surface area (Å²) in [6.07, 6.45) is 2.60. The highest BCUT2D eigenvalue weighted by Crippen LogP contribution is 2.22. The number of aryl methyl sites for hydroxylation is 1. The van der Waals surface area contributed by atoms with E-state index in [0.29, 0.717) is 17.5 Å². The van der Waals surface area contributed by atoms with E-state index in [9.17, 15) is 4.79 Å². The Morgan fingerprint density at radius 2 is 1.56 bits per heavy atom. The number of rotatable bonds is 9. The average molecular weight is 445 g/mol. The summed E-state index contributed by atoms with van der Waals surface area (Å²) in [5.41, 5.74) is 3.56. The largest absolute Gasteiger partial charge is 0.489 e. The highest BCUT2D eigenvalue weighted by atomic mass is 32.1. The van der Waals surface area contributed by atoms with Crippen molar-refractivity contribution in [3.8, 4) is 11.5 Å². The normalized spacial score (nSPS) is 10.5. The molecule has 0 aliphatic carbocycles. The molecule has 3 aromatic carbocycles. The first kappa shape index (κ1) is 21.6. The third-order valence-electron chi connectivity index (χ3n) is 4.74. The van der Waals surface area contributed by atoms with Gasteiger partial charge in [0.15, 0.2) is 11.7 Å². The van der Waals surface area contributed by atoms with Gasteiger partial charge in [0.1, 0.15) is 18.1 Å². The predicted octanol–water partition coefficient (Wildman–Crippen LogP) is 5.64. The maximum atomic E-state index is 12.2. The monoisotopic (exact) mass is 444 g/mol. The van der Waals surface area contributed by atoms with Crippen molar-refractivity contribution in [2.45, 2.75) is 20.0 Å². The topological polar surface area (TPSA) is 60.5 Å². The standard InChI is InChI=1S/C26H24N2O3S/c1-19-7-9-20(10-8-19)15-24-16-27-26(32-24)28-25(29)18-31-23-13-11-22(12-14-23)30-17-21-5-3-2-4-6-21/h2-14,16H,15,17-18H2,1H3,(H,27,28,29). The van der Waals surface area contributed by atoms with Gasteiger partial charge in [-0.25, -0.2) is 4.98 Å². The van der Waals surface area contributed by atoms with Crippen molar-refractivity contribution < 1.29 is 14.3 Å². The van der Waals surface area contributed by atoms with Crippen LogP contribution >= 0.6 is 11.3 Å². The SMILES string of the molecule is Cc1ccc(Cc2cnc(NC(=O)COc3ccc(OCc4ccccc4)cc3)s2)cc1. The minimum Gasteiger partial charge on any atom is -0.489 e. The fourth-order valence-corrected chi connectivity index (χ4v) is 3.89. The lowest BCUT2D eigenvalue weighted by molar-refractivity contribution is -0.118. The van der Waals surface area contributed by atoms with Crippen LogP contribution in [0.15, 0.2) is 85.1 Å². The summed E-state index contributed by atoms with van der Waals surface area (Å²) in [5.74, 6) is 1.10. The van der Waals surface area contributed by atoms with Gasteiger partial charge in [0.2, 0.25) is 0 Å². The molecule has 0 aliphatic heterocycles. The van der Waals surface area contributed by atoms with Gasteiger partial charge in [0.05, 0.1) is 0 Å². The van der Waals surface area contributed by atoms with Crippen LogP contribution in [-0.2, 0) is 17.8 Å². The Bertz CT molecular complexity index is 1140. The van der Waals surface area contributed by atoms with Crippen molar-refractivity contribution in [3.63, 3.8) is 0 Å². The number of amides is 1. The fraction of sp³-hybridized carbons (Fsp3) is 0.154. The maximum Gasteiger partial charge on any atom is 0.264 e. The summed E-state index contributed by atoms with van der Waals surface area (Å²) in [7, 11) is 0. The van der Waals surface area contributed by atoms with Gasteiger partial charge < -0.3 is 9.47 Å². The van der Waals surface area contributed by atoms with Gasteiger partial charge in [0.25, 0.3) is 5.91 Å². The van der Waals surface area contributed by atoms with Crippen LogP contribution in [-0.4, -0.2) is 17.5 Å². The van der Waals surface area contributed by atoms with Gasteiger partial charge in [-0.2, -0.15) is 0 Å². The molecule has 0 unspecified atom stereocenters. The van der Waals surface area contributed by atoms with Crippen LogP contribution in [0.1, 0.15) is 21.6 Å². The number of thiazole rings is 1. The molecule has 4 aromatic rings. The van der Waals surface area contributed by atoms with Crippen molar-refractivity contribution in [2.75, 3.05) is 11.9 Å². The number of aromatic nitrogens is 1. The number of hydrogen-bond acceptors (Lipinski definition) is 5. The molecule has 1 N–H and O–H groups in total. The van der Waals surface area contributed by atoms with Crippen LogP contribution in [0.5, 0.6) is 11.5 Å². The lowest BCUT2D eigenvalue weighted by atomic mass is 10.1. The van der Waals surface area contributed by atoms with Crippen LogP contribution in [0.4, 0.5) is 5.13 Å². The van der Waals surface area contributed by atoms with E-state index in [4.69, 9.17) is 9.47 Å². The molecule has 1 aromatic heterocycles. The van der Waals surface area contributed by atoms with E-state index in [-0.39, 0.29) is 12.5 Å². The molecule has 1 heterocycles. The van der Waals surface area contributed by atoms with E-state index in [0.717, 1.165) is 22.6 Å². The van der Waals surface area contributed by atoms with Gasteiger partial charge in [0, 0.05) is 17.5 Å². The van der Waals surface area contributed by atoms with Crippen LogP contribution in [0.3, 0.4) is 0 Å². The number of nitrogens with zero attached hydrogens (tertiary/aromatic N) is 1. The van der Waals surface area contributed by atoms with Crippen molar-refractivity contribution in [3.05, 3.63) is 107 Å². The van der Waals surface area contributed by atoms with Crippen molar-refractivity contribution in [1.82, 2.24) is 4.98 Å². The molecule has 4 rings (SSSR count). The highest BCUT2D eigenvalue weighted by Gasteiger charge is 2.09. The number of carbonyl (C=O) groups is 1. The average Bonchev–Trinajstić information content (AvgIpc) is 3.26. The number of nitrogens with one attached hydrogen (secondary N) is 1. The smallest absolute Gasteiger partial charge is 0.264 e. The van der Waals surface area contributed by atoms with Gasteiger partial charge in [-0.3, -0.25) is 10.1 Å². The summed E-state index contributed by atoms with van der Waals surface area (Å²) >= 11 is 1.47. The summed E-state index contributed by atoms with van der Waals surface area (Å²) in [6, 6.07) is 25.6. The van der Waals surface area contributed by atoms with Crippen molar-refractivity contribution in [1.29, 1.82) is 0 Å². The fourth-order valence-electron chi connectivity index (χ4n) is 3.03. The van der Waals surface area contributed by atoms with Crippen LogP contribution in [0.2, 0.25) is 0 Å². The second-order valence-corrected chi connectivity index (χ2v) is 8.49. The first-order valence-electron chi connectivity index (χ1n) is 10.3. The number of ether oxygens (including phenoxy) is 2. The van der Waals surface area contributed by atoms with E-state index >= 15 is 0 Å². The van der Waals surface area contributed by atoms with E-state index in [1.807, 2.05) is 42.5 Å². The molecule has 6 heteroatoms. The van der Waals surface area contributed by atoms with Gasteiger partial charge in [-0.05, 0) is 42.3 Å². The Morgan fingerprint density at radius 3 is 2.28 bits per heavy atom. The van der Waals surface area contributed by atoms with Crippen molar-refractivity contribution >= 4 is 22.4 Å². The molecule has 0 atom stereocenters. The lowest BCUT2D eigenvalue weighted by Crippen LogP contribution is -2.19. The minimum absolute atomic E-state index is 0.0862. The summed E-state index contributed by atoms with van der Waals surface area (Å²) < 4.78 is 11.3. The molecule has 0 fully saturated rings. The zero-order chi connectivity index (χ0) is 22.2. The third-order valence-corrected chi connectivity index (χ3v) is 5.65. The molecule has 162 valence electrons. The van der Waals surface area contributed by atoms with Crippen LogP contribution in [0.25, 0.3) is 0 Å². The molecule has 0 radical (unpaired) electrons. The summed E-state index contributed by atoms with van der Waals surface area (Å²) in [4.78, 5) is 17.6. The zero-order valence-electron chi connectivity index (χ0n) is 17.8. The number of benzene rings is 3. The quantitative estimate of drug-likeness (QED) is 0.363. The first-order valence-corrected chi connectivity index (χ1v) is 11.2.